The molecule has 3 amide bonds. The first-order valence-electron chi connectivity index (χ1n) is 8.45. The first-order chi connectivity index (χ1) is 11.9. The number of anilines is 2. The number of hydrogen-bond donors (Lipinski definition) is 2. The van der Waals surface area contributed by atoms with Crippen molar-refractivity contribution in [2.24, 2.45) is 0 Å². The zero-order valence-corrected chi connectivity index (χ0v) is 14.8. The van der Waals surface area contributed by atoms with Crippen LogP contribution in [0.15, 0.2) is 42.5 Å². The third-order valence-electron chi connectivity index (χ3n) is 4.66. The minimum atomic E-state index is -0.280. The Morgan fingerprint density at radius 1 is 1.08 bits per heavy atom. The summed E-state index contributed by atoms with van der Waals surface area (Å²) < 4.78 is 0. The van der Waals surface area contributed by atoms with Gasteiger partial charge < -0.3 is 15.5 Å². The van der Waals surface area contributed by atoms with Gasteiger partial charge in [0.2, 0.25) is 5.91 Å². The molecule has 0 spiro atoms. The van der Waals surface area contributed by atoms with Crippen molar-refractivity contribution in [2.45, 2.75) is 33.2 Å². The van der Waals surface area contributed by atoms with Gasteiger partial charge >= 0.3 is 6.03 Å². The Labute approximate surface area is 148 Å². The predicted molar refractivity (Wildman–Crippen MR) is 100 cm³/mol. The molecule has 0 aromatic heterocycles. The van der Waals surface area contributed by atoms with Crippen molar-refractivity contribution in [1.82, 2.24) is 5.32 Å². The summed E-state index contributed by atoms with van der Waals surface area (Å²) in [4.78, 5) is 26.3. The second-order valence-corrected chi connectivity index (χ2v) is 6.59. The maximum Gasteiger partial charge on any atom is 0.319 e. The molecule has 1 atom stereocenters. The molecule has 5 heteroatoms. The van der Waals surface area contributed by atoms with E-state index in [9.17, 15) is 9.59 Å². The highest BCUT2D eigenvalue weighted by molar-refractivity contribution is 5.97. The Balaban J connectivity index is 1.62. The van der Waals surface area contributed by atoms with Gasteiger partial charge in [0, 0.05) is 24.3 Å². The second kappa shape index (κ2) is 6.97. The number of nitrogens with one attached hydrogen (secondary N) is 2. The fourth-order valence-corrected chi connectivity index (χ4v) is 3.01. The van der Waals surface area contributed by atoms with Crippen molar-refractivity contribution >= 4 is 23.3 Å². The molecule has 0 radical (unpaired) electrons. The molecule has 0 aliphatic carbocycles. The highest BCUT2D eigenvalue weighted by atomic mass is 16.2. The smallest absolute Gasteiger partial charge is 0.319 e. The molecule has 0 unspecified atom stereocenters. The highest BCUT2D eigenvalue weighted by Crippen LogP contribution is 2.22. The number of nitrogens with zero attached hydrogens (tertiary/aromatic N) is 1. The Morgan fingerprint density at radius 2 is 1.80 bits per heavy atom. The summed E-state index contributed by atoms with van der Waals surface area (Å²) in [7, 11) is 0. The minimum Gasteiger partial charge on any atom is -0.333 e. The number of hydrogen-bond acceptors (Lipinski definition) is 2. The van der Waals surface area contributed by atoms with Crippen LogP contribution in [0.3, 0.4) is 0 Å². The van der Waals surface area contributed by atoms with Crippen molar-refractivity contribution in [3.05, 3.63) is 59.2 Å². The molecule has 0 saturated carbocycles. The zero-order chi connectivity index (χ0) is 18.0. The van der Waals surface area contributed by atoms with Crippen LogP contribution in [-0.4, -0.2) is 24.5 Å². The predicted octanol–water partition coefficient (Wildman–Crippen LogP) is 3.54. The van der Waals surface area contributed by atoms with E-state index in [1.807, 2.05) is 63.2 Å². The number of urea groups is 1. The molecule has 1 aliphatic heterocycles. The summed E-state index contributed by atoms with van der Waals surface area (Å²) >= 11 is 0. The lowest BCUT2D eigenvalue weighted by Crippen LogP contribution is -2.39. The first-order valence-corrected chi connectivity index (χ1v) is 8.45. The number of aryl methyl sites for hydroxylation is 2. The largest absolute Gasteiger partial charge is 0.333 e. The molecule has 2 aromatic carbocycles. The summed E-state index contributed by atoms with van der Waals surface area (Å²) in [6, 6.07) is 13.2. The quantitative estimate of drug-likeness (QED) is 0.900. The summed E-state index contributed by atoms with van der Waals surface area (Å²) in [5.41, 5.74) is 4.98. The molecule has 1 fully saturated rings. The van der Waals surface area contributed by atoms with E-state index in [4.69, 9.17) is 0 Å². The molecule has 0 bridgehead atoms. The van der Waals surface area contributed by atoms with Gasteiger partial charge in [-0.3, -0.25) is 4.79 Å². The minimum absolute atomic E-state index is 0.0286. The summed E-state index contributed by atoms with van der Waals surface area (Å²) in [6.07, 6.45) is 0.314. The molecule has 3 rings (SSSR count). The zero-order valence-electron chi connectivity index (χ0n) is 14.8. The summed E-state index contributed by atoms with van der Waals surface area (Å²) in [6.45, 7) is 6.48. The van der Waals surface area contributed by atoms with Crippen LogP contribution in [0.4, 0.5) is 16.2 Å². The molecular formula is C20H23N3O2. The van der Waals surface area contributed by atoms with E-state index < -0.39 is 0 Å². The average Bonchev–Trinajstić information content (AvgIpc) is 2.93. The van der Waals surface area contributed by atoms with Crippen LogP contribution in [0.1, 0.15) is 23.1 Å². The van der Waals surface area contributed by atoms with Crippen molar-refractivity contribution < 1.29 is 9.59 Å². The number of benzene rings is 2. The van der Waals surface area contributed by atoms with E-state index in [0.717, 1.165) is 28.1 Å². The molecule has 25 heavy (non-hydrogen) atoms. The van der Waals surface area contributed by atoms with E-state index in [-0.39, 0.29) is 18.0 Å². The topological polar surface area (TPSA) is 61.4 Å². The van der Waals surface area contributed by atoms with Gasteiger partial charge in [0.25, 0.3) is 0 Å². The van der Waals surface area contributed by atoms with E-state index in [0.29, 0.717) is 13.0 Å². The molecule has 2 N–H and O–H groups in total. The lowest BCUT2D eigenvalue weighted by molar-refractivity contribution is -0.117. The van der Waals surface area contributed by atoms with Crippen LogP contribution in [0.2, 0.25) is 0 Å². The Morgan fingerprint density at radius 3 is 2.52 bits per heavy atom. The molecule has 1 heterocycles. The molecule has 1 saturated heterocycles. The number of rotatable bonds is 3. The normalized spacial score (nSPS) is 16.8. The Bertz CT molecular complexity index is 799. The second-order valence-electron chi connectivity index (χ2n) is 6.59. The van der Waals surface area contributed by atoms with Gasteiger partial charge in [0.05, 0.1) is 6.04 Å². The Kier molecular flexibility index (Phi) is 4.74. The van der Waals surface area contributed by atoms with Gasteiger partial charge in [-0.2, -0.15) is 0 Å². The van der Waals surface area contributed by atoms with Gasteiger partial charge in [-0.15, -0.1) is 0 Å². The summed E-state index contributed by atoms with van der Waals surface area (Å²) in [5, 5.41) is 5.78. The number of carbonyl (C=O) groups excluding carboxylic acids is 2. The number of amides is 3. The summed E-state index contributed by atoms with van der Waals surface area (Å²) in [5.74, 6) is 0.0286. The van der Waals surface area contributed by atoms with Crippen molar-refractivity contribution in [3.8, 4) is 0 Å². The van der Waals surface area contributed by atoms with Crippen LogP contribution in [0.5, 0.6) is 0 Å². The Hall–Kier alpha value is -2.82. The lowest BCUT2D eigenvalue weighted by atomic mass is 10.1. The van der Waals surface area contributed by atoms with Crippen LogP contribution >= 0.6 is 0 Å². The molecule has 5 nitrogen and oxygen atoms in total. The van der Waals surface area contributed by atoms with Crippen molar-refractivity contribution in [2.75, 3.05) is 16.8 Å². The number of carbonyl (C=O) groups is 2. The fourth-order valence-electron chi connectivity index (χ4n) is 3.01. The third kappa shape index (κ3) is 3.82. The van der Waals surface area contributed by atoms with Crippen LogP contribution in [-0.2, 0) is 4.79 Å². The van der Waals surface area contributed by atoms with Crippen LogP contribution in [0.25, 0.3) is 0 Å². The van der Waals surface area contributed by atoms with E-state index in [1.54, 1.807) is 4.90 Å². The maximum atomic E-state index is 12.3. The molecule has 1 aliphatic rings. The standard InChI is InChI=1S/C20H23N3O2/c1-13-7-9-17(10-8-13)23-12-16(11-19(23)24)21-20(25)22-18-6-4-5-14(2)15(18)3/h4-10,16H,11-12H2,1-3H3,(H2,21,22,25)/t16-/m0/s1. The average molecular weight is 337 g/mol. The maximum absolute atomic E-state index is 12.3. The van der Waals surface area contributed by atoms with Crippen LogP contribution in [0, 0.1) is 20.8 Å². The molecular weight excluding hydrogens is 314 g/mol. The third-order valence-corrected chi connectivity index (χ3v) is 4.66. The van der Waals surface area contributed by atoms with Gasteiger partial charge in [-0.05, 0) is 50.1 Å². The fraction of sp³-hybridized carbons (Fsp3) is 0.300. The van der Waals surface area contributed by atoms with Crippen molar-refractivity contribution in [3.63, 3.8) is 0 Å². The van der Waals surface area contributed by atoms with Gasteiger partial charge in [-0.25, -0.2) is 4.79 Å². The van der Waals surface area contributed by atoms with Crippen molar-refractivity contribution in [1.29, 1.82) is 0 Å². The van der Waals surface area contributed by atoms with E-state index in [2.05, 4.69) is 10.6 Å². The highest BCUT2D eigenvalue weighted by Gasteiger charge is 2.31. The monoisotopic (exact) mass is 337 g/mol. The van der Waals surface area contributed by atoms with Gasteiger partial charge in [0.1, 0.15) is 0 Å². The lowest BCUT2D eigenvalue weighted by Gasteiger charge is -2.18. The van der Waals surface area contributed by atoms with Crippen LogP contribution < -0.4 is 15.5 Å². The van der Waals surface area contributed by atoms with E-state index in [1.165, 1.54) is 0 Å². The van der Waals surface area contributed by atoms with Gasteiger partial charge in [-0.1, -0.05) is 29.8 Å². The molecule has 130 valence electrons. The van der Waals surface area contributed by atoms with Gasteiger partial charge in [0.15, 0.2) is 0 Å². The molecule has 2 aromatic rings. The first kappa shape index (κ1) is 17.0. The van der Waals surface area contributed by atoms with E-state index >= 15 is 0 Å². The SMILES string of the molecule is Cc1ccc(N2C[C@@H](NC(=O)Nc3cccc(C)c3C)CC2=O)cc1.